The lowest BCUT2D eigenvalue weighted by molar-refractivity contribution is -0.131. The average molecular weight is 281 g/mol. The first-order valence-electron chi connectivity index (χ1n) is 7.89. The van der Waals surface area contributed by atoms with Gasteiger partial charge in [0.15, 0.2) is 0 Å². The van der Waals surface area contributed by atoms with Crippen molar-refractivity contribution in [2.45, 2.75) is 51.5 Å². The molecule has 2 amide bonds. The van der Waals surface area contributed by atoms with Crippen molar-refractivity contribution in [2.75, 3.05) is 26.2 Å². The lowest BCUT2D eigenvalue weighted by Crippen LogP contribution is -2.41. The molecule has 2 fully saturated rings. The van der Waals surface area contributed by atoms with Gasteiger partial charge >= 0.3 is 0 Å². The highest BCUT2D eigenvalue weighted by Gasteiger charge is 2.30. The Morgan fingerprint density at radius 2 is 1.90 bits per heavy atom. The SMILES string of the molecule is CC(CCC(=O)N1CC[C@H](N2CCCCC2)C1)C(N)=O. The molecule has 0 spiro atoms. The fourth-order valence-corrected chi connectivity index (χ4v) is 3.19. The van der Waals surface area contributed by atoms with Crippen molar-refractivity contribution < 1.29 is 9.59 Å². The van der Waals surface area contributed by atoms with Crippen LogP contribution in [0, 0.1) is 5.92 Å². The number of nitrogens with two attached hydrogens (primary N) is 1. The molecule has 0 aromatic rings. The molecule has 5 nitrogen and oxygen atoms in total. The molecule has 1 unspecified atom stereocenters. The summed E-state index contributed by atoms with van der Waals surface area (Å²) in [6, 6.07) is 0.549. The quantitative estimate of drug-likeness (QED) is 0.816. The van der Waals surface area contributed by atoms with E-state index in [1.807, 2.05) is 4.90 Å². The smallest absolute Gasteiger partial charge is 0.222 e. The van der Waals surface area contributed by atoms with Crippen molar-refractivity contribution in [2.24, 2.45) is 11.7 Å². The van der Waals surface area contributed by atoms with Crippen molar-refractivity contribution in [1.29, 1.82) is 0 Å². The van der Waals surface area contributed by atoms with Crippen LogP contribution in [0.5, 0.6) is 0 Å². The van der Waals surface area contributed by atoms with Gasteiger partial charge in [0.05, 0.1) is 0 Å². The first-order valence-corrected chi connectivity index (χ1v) is 7.89. The zero-order chi connectivity index (χ0) is 14.5. The maximum Gasteiger partial charge on any atom is 0.222 e. The van der Waals surface area contributed by atoms with Crippen molar-refractivity contribution in [3.63, 3.8) is 0 Å². The van der Waals surface area contributed by atoms with Crippen molar-refractivity contribution in [3.05, 3.63) is 0 Å². The summed E-state index contributed by atoms with van der Waals surface area (Å²) in [6.45, 7) is 5.89. The summed E-state index contributed by atoms with van der Waals surface area (Å²) in [6.07, 6.45) is 6.03. The molecule has 2 atom stereocenters. The number of primary amides is 1. The highest BCUT2D eigenvalue weighted by atomic mass is 16.2. The fraction of sp³-hybridized carbons (Fsp3) is 0.867. The molecule has 2 N–H and O–H groups in total. The molecule has 2 saturated heterocycles. The Morgan fingerprint density at radius 1 is 1.20 bits per heavy atom. The standard InChI is InChI=1S/C15H27N3O2/c1-12(15(16)20)5-6-14(19)18-10-7-13(11-18)17-8-3-2-4-9-17/h12-13H,2-11H2,1H3,(H2,16,20)/t12?,13-/m0/s1. The molecule has 2 heterocycles. The maximum atomic E-state index is 12.2. The summed E-state index contributed by atoms with van der Waals surface area (Å²) in [5, 5.41) is 0. The van der Waals surface area contributed by atoms with E-state index in [1.54, 1.807) is 6.92 Å². The number of hydrogen-bond acceptors (Lipinski definition) is 3. The molecule has 0 bridgehead atoms. The molecule has 2 rings (SSSR count). The van der Waals surface area contributed by atoms with Crippen LogP contribution in [-0.4, -0.2) is 53.8 Å². The van der Waals surface area contributed by atoms with Gasteiger partial charge in [-0.15, -0.1) is 0 Å². The van der Waals surface area contributed by atoms with Crippen molar-refractivity contribution >= 4 is 11.8 Å². The molecule has 5 heteroatoms. The fourth-order valence-electron chi connectivity index (χ4n) is 3.19. The Hall–Kier alpha value is -1.10. The van der Waals surface area contributed by atoms with Gasteiger partial charge in [-0.2, -0.15) is 0 Å². The molecule has 0 saturated carbocycles. The van der Waals surface area contributed by atoms with Crippen molar-refractivity contribution in [3.8, 4) is 0 Å². The molecule has 2 aliphatic heterocycles. The third-order valence-electron chi connectivity index (χ3n) is 4.70. The van der Waals surface area contributed by atoms with Crippen LogP contribution >= 0.6 is 0 Å². The van der Waals surface area contributed by atoms with E-state index in [0.717, 1.165) is 19.5 Å². The van der Waals surface area contributed by atoms with E-state index in [1.165, 1.54) is 32.4 Å². The van der Waals surface area contributed by atoms with E-state index in [9.17, 15) is 9.59 Å². The third kappa shape index (κ3) is 3.95. The molecule has 114 valence electrons. The minimum Gasteiger partial charge on any atom is -0.369 e. The topological polar surface area (TPSA) is 66.6 Å². The summed E-state index contributed by atoms with van der Waals surface area (Å²) in [7, 11) is 0. The number of nitrogens with zero attached hydrogens (tertiary/aromatic N) is 2. The second kappa shape index (κ2) is 7.07. The summed E-state index contributed by atoms with van der Waals surface area (Å²) >= 11 is 0. The normalized spacial score (nSPS) is 25.6. The predicted molar refractivity (Wildman–Crippen MR) is 78.0 cm³/mol. The van der Waals surface area contributed by atoms with Crippen LogP contribution in [0.15, 0.2) is 0 Å². The molecule has 0 aromatic carbocycles. The van der Waals surface area contributed by atoms with Gasteiger partial charge in [0.1, 0.15) is 0 Å². The van der Waals surface area contributed by atoms with E-state index < -0.39 is 0 Å². The molecular formula is C15H27N3O2. The van der Waals surface area contributed by atoms with E-state index in [0.29, 0.717) is 18.9 Å². The largest absolute Gasteiger partial charge is 0.369 e. The number of piperidine rings is 1. The van der Waals surface area contributed by atoms with E-state index in [4.69, 9.17) is 5.73 Å². The van der Waals surface area contributed by atoms with E-state index >= 15 is 0 Å². The monoisotopic (exact) mass is 281 g/mol. The summed E-state index contributed by atoms with van der Waals surface area (Å²) in [5.74, 6) is -0.345. The van der Waals surface area contributed by atoms with Crippen LogP contribution < -0.4 is 5.73 Å². The Morgan fingerprint density at radius 3 is 2.55 bits per heavy atom. The zero-order valence-corrected chi connectivity index (χ0v) is 12.5. The van der Waals surface area contributed by atoms with E-state index in [2.05, 4.69) is 4.90 Å². The van der Waals surface area contributed by atoms with Gasteiger partial charge in [0.2, 0.25) is 11.8 Å². The van der Waals surface area contributed by atoms with E-state index in [-0.39, 0.29) is 17.7 Å². The first kappa shape index (κ1) is 15.3. The van der Waals surface area contributed by atoms with Gasteiger partial charge in [0.25, 0.3) is 0 Å². The number of rotatable bonds is 5. The summed E-state index contributed by atoms with van der Waals surface area (Å²) in [4.78, 5) is 27.6. The van der Waals surface area contributed by atoms with Gasteiger partial charge in [-0.3, -0.25) is 14.5 Å². The Labute approximate surface area is 121 Å². The molecule has 2 aliphatic rings. The van der Waals surface area contributed by atoms with Gasteiger partial charge in [-0.05, 0) is 38.8 Å². The summed E-state index contributed by atoms with van der Waals surface area (Å²) < 4.78 is 0. The van der Waals surface area contributed by atoms with Gasteiger partial charge in [-0.25, -0.2) is 0 Å². The van der Waals surface area contributed by atoms with Gasteiger partial charge in [0, 0.05) is 31.5 Å². The number of hydrogen-bond donors (Lipinski definition) is 1. The predicted octanol–water partition coefficient (Wildman–Crippen LogP) is 0.975. The van der Waals surface area contributed by atoms with Crippen LogP contribution in [0.3, 0.4) is 0 Å². The van der Waals surface area contributed by atoms with Crippen LogP contribution in [-0.2, 0) is 9.59 Å². The zero-order valence-electron chi connectivity index (χ0n) is 12.5. The second-order valence-electron chi connectivity index (χ2n) is 6.22. The van der Waals surface area contributed by atoms with Crippen LogP contribution in [0.4, 0.5) is 0 Å². The summed E-state index contributed by atoms with van der Waals surface area (Å²) in [5.41, 5.74) is 5.22. The molecular weight excluding hydrogens is 254 g/mol. The maximum absolute atomic E-state index is 12.2. The van der Waals surface area contributed by atoms with Gasteiger partial charge < -0.3 is 10.6 Å². The van der Waals surface area contributed by atoms with Crippen LogP contribution in [0.25, 0.3) is 0 Å². The van der Waals surface area contributed by atoms with Crippen molar-refractivity contribution in [1.82, 2.24) is 9.80 Å². The highest BCUT2D eigenvalue weighted by Crippen LogP contribution is 2.21. The number of likely N-dealkylation sites (tertiary alicyclic amines) is 2. The molecule has 0 aliphatic carbocycles. The lowest BCUT2D eigenvalue weighted by Gasteiger charge is -2.32. The highest BCUT2D eigenvalue weighted by molar-refractivity contribution is 5.79. The number of carbonyl (C=O) groups is 2. The molecule has 20 heavy (non-hydrogen) atoms. The number of amides is 2. The first-order chi connectivity index (χ1) is 9.58. The lowest BCUT2D eigenvalue weighted by atomic mass is 10.0. The molecule has 0 aromatic heterocycles. The Kier molecular flexibility index (Phi) is 5.40. The third-order valence-corrected chi connectivity index (χ3v) is 4.70. The average Bonchev–Trinajstić information content (AvgIpc) is 2.95. The minimum atomic E-state index is -0.314. The van der Waals surface area contributed by atoms with Gasteiger partial charge in [-0.1, -0.05) is 13.3 Å². The second-order valence-corrected chi connectivity index (χ2v) is 6.22. The Balaban J connectivity index is 1.74. The Bertz CT molecular complexity index is 353. The minimum absolute atomic E-state index is 0.178. The number of carbonyl (C=O) groups excluding carboxylic acids is 2. The van der Waals surface area contributed by atoms with Crippen LogP contribution in [0.1, 0.15) is 45.4 Å². The molecule has 0 radical (unpaired) electrons. The van der Waals surface area contributed by atoms with Crippen LogP contribution in [0.2, 0.25) is 0 Å².